The first-order chi connectivity index (χ1) is 12.0. The Labute approximate surface area is 152 Å². The van der Waals surface area contributed by atoms with Crippen LogP contribution in [0.25, 0.3) is 0 Å². The minimum absolute atomic E-state index is 0.195. The summed E-state index contributed by atoms with van der Waals surface area (Å²) in [6.45, 7) is 3.36. The van der Waals surface area contributed by atoms with Crippen molar-refractivity contribution in [2.45, 2.75) is 17.6 Å². The van der Waals surface area contributed by atoms with Gasteiger partial charge in [-0.05, 0) is 24.6 Å². The van der Waals surface area contributed by atoms with Crippen LogP contribution in [0.5, 0.6) is 11.5 Å². The second-order valence-electron chi connectivity index (χ2n) is 5.74. The number of rotatable bonds is 7. The van der Waals surface area contributed by atoms with E-state index >= 15 is 0 Å². The van der Waals surface area contributed by atoms with Crippen LogP contribution in [0, 0.1) is 6.92 Å². The second kappa shape index (κ2) is 8.12. The summed E-state index contributed by atoms with van der Waals surface area (Å²) in [4.78, 5) is 0.195. The molecule has 0 aliphatic carbocycles. The SMILES string of the molecule is Cc1cccc(CSCCNS(=O)(=O)c2ccc3c(c2)OCCO3)c1. The third-order valence-electron chi connectivity index (χ3n) is 3.71. The number of sulfonamides is 1. The van der Waals surface area contributed by atoms with Gasteiger partial charge in [0.05, 0.1) is 4.90 Å². The van der Waals surface area contributed by atoms with Gasteiger partial charge in [-0.1, -0.05) is 29.8 Å². The molecule has 1 aliphatic heterocycles. The molecule has 0 radical (unpaired) electrons. The fourth-order valence-corrected chi connectivity index (χ4v) is 4.50. The van der Waals surface area contributed by atoms with Gasteiger partial charge in [-0.3, -0.25) is 0 Å². The number of fused-ring (bicyclic) bond motifs is 1. The summed E-state index contributed by atoms with van der Waals surface area (Å²) >= 11 is 1.70. The quantitative estimate of drug-likeness (QED) is 0.750. The van der Waals surface area contributed by atoms with E-state index in [0.29, 0.717) is 37.0 Å². The molecule has 134 valence electrons. The third kappa shape index (κ3) is 4.90. The van der Waals surface area contributed by atoms with Crippen molar-refractivity contribution in [3.63, 3.8) is 0 Å². The van der Waals surface area contributed by atoms with Crippen LogP contribution in [-0.4, -0.2) is 33.9 Å². The lowest BCUT2D eigenvalue weighted by molar-refractivity contribution is 0.171. The van der Waals surface area contributed by atoms with Crippen molar-refractivity contribution in [1.29, 1.82) is 0 Å². The van der Waals surface area contributed by atoms with Gasteiger partial charge in [0.1, 0.15) is 13.2 Å². The Morgan fingerprint density at radius 1 is 1.08 bits per heavy atom. The maximum absolute atomic E-state index is 12.4. The predicted octanol–water partition coefficient (Wildman–Crippen LogP) is 2.98. The average Bonchev–Trinajstić information content (AvgIpc) is 2.61. The van der Waals surface area contributed by atoms with E-state index in [9.17, 15) is 8.42 Å². The topological polar surface area (TPSA) is 64.6 Å². The molecule has 0 saturated carbocycles. The number of nitrogens with one attached hydrogen (secondary N) is 1. The number of thioether (sulfide) groups is 1. The van der Waals surface area contributed by atoms with Gasteiger partial charge in [-0.25, -0.2) is 13.1 Å². The van der Waals surface area contributed by atoms with E-state index in [1.165, 1.54) is 23.3 Å². The molecule has 7 heteroatoms. The minimum atomic E-state index is -3.54. The first-order valence-corrected chi connectivity index (χ1v) is 10.7. The van der Waals surface area contributed by atoms with Crippen LogP contribution in [0.15, 0.2) is 47.4 Å². The van der Waals surface area contributed by atoms with Crippen LogP contribution in [0.2, 0.25) is 0 Å². The van der Waals surface area contributed by atoms with Crippen molar-refractivity contribution >= 4 is 21.8 Å². The van der Waals surface area contributed by atoms with Crippen molar-refractivity contribution in [3.05, 3.63) is 53.6 Å². The Hall–Kier alpha value is -1.70. The number of hydrogen-bond donors (Lipinski definition) is 1. The minimum Gasteiger partial charge on any atom is -0.486 e. The van der Waals surface area contributed by atoms with Crippen LogP contribution in [0.3, 0.4) is 0 Å². The maximum atomic E-state index is 12.4. The van der Waals surface area contributed by atoms with Crippen molar-refractivity contribution in [1.82, 2.24) is 4.72 Å². The van der Waals surface area contributed by atoms with Gasteiger partial charge in [0.15, 0.2) is 11.5 Å². The molecule has 0 amide bonds. The van der Waals surface area contributed by atoms with E-state index in [0.717, 1.165) is 5.75 Å². The fourth-order valence-electron chi connectivity index (χ4n) is 2.51. The van der Waals surface area contributed by atoms with E-state index in [4.69, 9.17) is 9.47 Å². The Balaban J connectivity index is 1.50. The lowest BCUT2D eigenvalue weighted by Crippen LogP contribution is -2.26. The molecule has 0 saturated heterocycles. The van der Waals surface area contributed by atoms with Gasteiger partial charge in [0.25, 0.3) is 0 Å². The first-order valence-electron chi connectivity index (χ1n) is 8.07. The number of benzene rings is 2. The van der Waals surface area contributed by atoms with Gasteiger partial charge in [-0.2, -0.15) is 11.8 Å². The Morgan fingerprint density at radius 2 is 1.88 bits per heavy atom. The average molecular weight is 380 g/mol. The van der Waals surface area contributed by atoms with Crippen molar-refractivity contribution in [3.8, 4) is 11.5 Å². The molecule has 1 N–H and O–H groups in total. The molecule has 0 unspecified atom stereocenters. The highest BCUT2D eigenvalue weighted by molar-refractivity contribution is 7.98. The summed E-state index contributed by atoms with van der Waals surface area (Å²) in [7, 11) is -3.54. The van der Waals surface area contributed by atoms with E-state index in [-0.39, 0.29) is 4.90 Å². The van der Waals surface area contributed by atoms with Gasteiger partial charge in [-0.15, -0.1) is 0 Å². The van der Waals surface area contributed by atoms with Gasteiger partial charge in [0.2, 0.25) is 10.0 Å². The molecule has 0 bridgehead atoms. The normalized spacial score (nSPS) is 13.6. The van der Waals surface area contributed by atoms with Gasteiger partial charge >= 0.3 is 0 Å². The highest BCUT2D eigenvalue weighted by atomic mass is 32.2. The molecular weight excluding hydrogens is 358 g/mol. The first kappa shape index (κ1) is 18.1. The zero-order valence-electron chi connectivity index (χ0n) is 14.0. The molecule has 2 aromatic rings. The predicted molar refractivity (Wildman–Crippen MR) is 100.0 cm³/mol. The van der Waals surface area contributed by atoms with E-state index in [2.05, 4.69) is 29.8 Å². The van der Waals surface area contributed by atoms with Crippen LogP contribution < -0.4 is 14.2 Å². The molecule has 0 atom stereocenters. The summed E-state index contributed by atoms with van der Waals surface area (Å²) in [6.07, 6.45) is 0. The van der Waals surface area contributed by atoms with Gasteiger partial charge in [0, 0.05) is 24.1 Å². The summed E-state index contributed by atoms with van der Waals surface area (Å²) in [5, 5.41) is 0. The standard InChI is InChI=1S/C18H21NO4S2/c1-14-3-2-4-15(11-14)13-24-10-7-19-25(20,21)16-5-6-17-18(12-16)23-9-8-22-17/h2-6,11-12,19H,7-10,13H2,1H3. The molecule has 0 fully saturated rings. The molecule has 3 rings (SSSR count). The summed E-state index contributed by atoms with van der Waals surface area (Å²) in [5.74, 6) is 2.63. The Morgan fingerprint density at radius 3 is 2.68 bits per heavy atom. The van der Waals surface area contributed by atoms with E-state index in [1.54, 1.807) is 17.8 Å². The molecule has 2 aromatic carbocycles. The van der Waals surface area contributed by atoms with Crippen LogP contribution in [0.1, 0.15) is 11.1 Å². The second-order valence-corrected chi connectivity index (χ2v) is 8.62. The fraction of sp³-hybridized carbons (Fsp3) is 0.333. The largest absolute Gasteiger partial charge is 0.486 e. The number of ether oxygens (including phenoxy) is 2. The number of aryl methyl sites for hydroxylation is 1. The zero-order valence-corrected chi connectivity index (χ0v) is 15.7. The number of hydrogen-bond acceptors (Lipinski definition) is 5. The zero-order chi connectivity index (χ0) is 17.7. The van der Waals surface area contributed by atoms with Crippen LogP contribution in [0.4, 0.5) is 0 Å². The van der Waals surface area contributed by atoms with Crippen molar-refractivity contribution in [2.75, 3.05) is 25.5 Å². The van der Waals surface area contributed by atoms with Crippen molar-refractivity contribution < 1.29 is 17.9 Å². The molecule has 5 nitrogen and oxygen atoms in total. The Bertz CT molecular complexity index is 837. The van der Waals surface area contributed by atoms with Gasteiger partial charge < -0.3 is 9.47 Å². The summed E-state index contributed by atoms with van der Waals surface area (Å²) < 4.78 is 38.2. The molecule has 1 aliphatic rings. The molecule has 0 spiro atoms. The molecule has 0 aromatic heterocycles. The highest BCUT2D eigenvalue weighted by Crippen LogP contribution is 2.32. The monoisotopic (exact) mass is 379 g/mol. The van der Waals surface area contributed by atoms with Crippen molar-refractivity contribution in [2.24, 2.45) is 0 Å². The van der Waals surface area contributed by atoms with Crippen LogP contribution >= 0.6 is 11.8 Å². The summed E-state index contributed by atoms with van der Waals surface area (Å²) in [5.41, 5.74) is 2.48. The van der Waals surface area contributed by atoms with E-state index < -0.39 is 10.0 Å². The van der Waals surface area contributed by atoms with E-state index in [1.807, 2.05) is 6.07 Å². The van der Waals surface area contributed by atoms with Crippen LogP contribution in [-0.2, 0) is 15.8 Å². The molecule has 1 heterocycles. The molecule has 25 heavy (non-hydrogen) atoms. The lowest BCUT2D eigenvalue weighted by Gasteiger charge is -2.18. The Kier molecular flexibility index (Phi) is 5.88. The third-order valence-corrected chi connectivity index (χ3v) is 6.20. The molecular formula is C18H21NO4S2. The summed E-state index contributed by atoms with van der Waals surface area (Å²) in [6, 6.07) is 13.0. The lowest BCUT2D eigenvalue weighted by atomic mass is 10.2. The highest BCUT2D eigenvalue weighted by Gasteiger charge is 2.18. The smallest absolute Gasteiger partial charge is 0.240 e. The maximum Gasteiger partial charge on any atom is 0.240 e.